The average molecular weight is 333 g/mol. The Labute approximate surface area is 138 Å². The molecule has 1 aromatic heterocycles. The lowest BCUT2D eigenvalue weighted by molar-refractivity contribution is 0.0949. The fourth-order valence-electron chi connectivity index (χ4n) is 2.24. The number of hydrogen-bond acceptors (Lipinski definition) is 6. The van der Waals surface area contributed by atoms with Gasteiger partial charge in [0.25, 0.3) is 5.91 Å². The smallest absolute Gasteiger partial charge is 0.270 e. The van der Waals surface area contributed by atoms with E-state index >= 15 is 0 Å². The van der Waals surface area contributed by atoms with Crippen LogP contribution in [0.1, 0.15) is 16.9 Å². The second-order valence-electron chi connectivity index (χ2n) is 5.11. The highest BCUT2D eigenvalue weighted by molar-refractivity contribution is 7.13. The van der Waals surface area contributed by atoms with E-state index in [0.717, 1.165) is 35.0 Å². The number of hydrogen-bond donors (Lipinski definition) is 2. The lowest BCUT2D eigenvalue weighted by atomic mass is 10.2. The normalized spacial score (nSPS) is 12.9. The Hall–Kier alpha value is -2.12. The van der Waals surface area contributed by atoms with Gasteiger partial charge in [-0.15, -0.1) is 11.3 Å². The summed E-state index contributed by atoms with van der Waals surface area (Å²) in [6, 6.07) is 5.71. The zero-order valence-corrected chi connectivity index (χ0v) is 13.7. The Morgan fingerprint density at radius 3 is 2.91 bits per heavy atom. The van der Waals surface area contributed by atoms with E-state index in [1.54, 1.807) is 5.38 Å². The summed E-state index contributed by atoms with van der Waals surface area (Å²) >= 11 is 1.44. The van der Waals surface area contributed by atoms with Gasteiger partial charge in [-0.1, -0.05) is 0 Å². The van der Waals surface area contributed by atoms with Crippen LogP contribution in [0.3, 0.4) is 0 Å². The molecule has 7 heteroatoms. The molecule has 122 valence electrons. The third kappa shape index (κ3) is 3.80. The van der Waals surface area contributed by atoms with Gasteiger partial charge in [0.2, 0.25) is 0 Å². The minimum atomic E-state index is -0.138. The SMILES string of the molecule is CNCCCNC(=O)c1csc(-c2ccc3c(c2)OCCO3)n1. The molecular weight excluding hydrogens is 314 g/mol. The Bertz CT molecular complexity index is 687. The van der Waals surface area contributed by atoms with Crippen LogP contribution in [0.25, 0.3) is 10.6 Å². The molecule has 1 aliphatic rings. The molecule has 0 saturated carbocycles. The first-order valence-electron chi connectivity index (χ1n) is 7.56. The highest BCUT2D eigenvalue weighted by Crippen LogP contribution is 2.35. The summed E-state index contributed by atoms with van der Waals surface area (Å²) in [4.78, 5) is 16.5. The first-order chi connectivity index (χ1) is 11.3. The molecule has 6 nitrogen and oxygen atoms in total. The molecule has 1 aliphatic heterocycles. The van der Waals surface area contributed by atoms with Crippen molar-refractivity contribution in [2.75, 3.05) is 33.4 Å². The average Bonchev–Trinajstić information content (AvgIpc) is 3.08. The van der Waals surface area contributed by atoms with E-state index < -0.39 is 0 Å². The lowest BCUT2D eigenvalue weighted by Gasteiger charge is -2.18. The van der Waals surface area contributed by atoms with Crippen molar-refractivity contribution in [1.82, 2.24) is 15.6 Å². The second-order valence-corrected chi connectivity index (χ2v) is 5.97. The van der Waals surface area contributed by atoms with Crippen molar-refractivity contribution in [3.05, 3.63) is 29.3 Å². The van der Waals surface area contributed by atoms with Crippen molar-refractivity contribution in [2.45, 2.75) is 6.42 Å². The quantitative estimate of drug-likeness (QED) is 0.790. The maximum absolute atomic E-state index is 12.1. The van der Waals surface area contributed by atoms with Gasteiger partial charge < -0.3 is 20.1 Å². The first-order valence-corrected chi connectivity index (χ1v) is 8.44. The Morgan fingerprint density at radius 2 is 2.09 bits per heavy atom. The maximum Gasteiger partial charge on any atom is 0.270 e. The summed E-state index contributed by atoms with van der Waals surface area (Å²) in [5, 5.41) is 8.48. The van der Waals surface area contributed by atoms with Crippen LogP contribution in [0.15, 0.2) is 23.6 Å². The third-order valence-corrected chi connectivity index (χ3v) is 4.31. The molecule has 2 aromatic rings. The fraction of sp³-hybridized carbons (Fsp3) is 0.375. The Balaban J connectivity index is 1.68. The van der Waals surface area contributed by atoms with E-state index in [-0.39, 0.29) is 5.91 Å². The molecule has 0 bridgehead atoms. The molecule has 0 unspecified atom stereocenters. The summed E-state index contributed by atoms with van der Waals surface area (Å²) in [6.07, 6.45) is 0.890. The van der Waals surface area contributed by atoms with Gasteiger partial charge in [0.1, 0.15) is 23.9 Å². The molecule has 0 saturated heterocycles. The van der Waals surface area contributed by atoms with E-state index in [2.05, 4.69) is 15.6 Å². The third-order valence-electron chi connectivity index (χ3n) is 3.42. The number of aromatic nitrogens is 1. The van der Waals surface area contributed by atoms with Crippen LogP contribution in [0, 0.1) is 0 Å². The van der Waals surface area contributed by atoms with Crippen LogP contribution in [-0.4, -0.2) is 44.2 Å². The highest BCUT2D eigenvalue weighted by atomic mass is 32.1. The fourth-order valence-corrected chi connectivity index (χ4v) is 3.04. The molecule has 2 heterocycles. The monoisotopic (exact) mass is 333 g/mol. The van der Waals surface area contributed by atoms with Crippen molar-refractivity contribution in [3.8, 4) is 22.1 Å². The van der Waals surface area contributed by atoms with Crippen LogP contribution in [-0.2, 0) is 0 Å². The number of nitrogens with zero attached hydrogens (tertiary/aromatic N) is 1. The van der Waals surface area contributed by atoms with Gasteiger partial charge in [-0.2, -0.15) is 0 Å². The van der Waals surface area contributed by atoms with E-state index in [1.165, 1.54) is 11.3 Å². The summed E-state index contributed by atoms with van der Waals surface area (Å²) in [6.45, 7) is 2.63. The molecular formula is C16H19N3O3S. The molecule has 0 spiro atoms. The minimum absolute atomic E-state index is 0.138. The maximum atomic E-state index is 12.1. The van der Waals surface area contributed by atoms with Gasteiger partial charge >= 0.3 is 0 Å². The summed E-state index contributed by atoms with van der Waals surface area (Å²) in [5.74, 6) is 1.34. The van der Waals surface area contributed by atoms with Gasteiger partial charge in [0.05, 0.1) is 0 Å². The van der Waals surface area contributed by atoms with Crippen LogP contribution in [0.2, 0.25) is 0 Å². The molecule has 0 radical (unpaired) electrons. The number of amides is 1. The van der Waals surface area contributed by atoms with E-state index in [4.69, 9.17) is 9.47 Å². The molecule has 3 rings (SSSR count). The molecule has 1 amide bonds. The van der Waals surface area contributed by atoms with Gasteiger partial charge in [-0.05, 0) is 38.2 Å². The lowest BCUT2D eigenvalue weighted by Crippen LogP contribution is -2.26. The van der Waals surface area contributed by atoms with Crippen molar-refractivity contribution in [1.29, 1.82) is 0 Å². The highest BCUT2D eigenvalue weighted by Gasteiger charge is 2.15. The van der Waals surface area contributed by atoms with Crippen LogP contribution in [0.5, 0.6) is 11.5 Å². The molecule has 0 fully saturated rings. The number of nitrogens with one attached hydrogen (secondary N) is 2. The van der Waals surface area contributed by atoms with Gasteiger partial charge in [0, 0.05) is 17.5 Å². The van der Waals surface area contributed by atoms with Crippen molar-refractivity contribution in [2.24, 2.45) is 0 Å². The number of carbonyl (C=O) groups excluding carboxylic acids is 1. The molecule has 0 aliphatic carbocycles. The van der Waals surface area contributed by atoms with E-state index in [0.29, 0.717) is 25.5 Å². The Morgan fingerprint density at radius 1 is 1.26 bits per heavy atom. The summed E-state index contributed by atoms with van der Waals surface area (Å²) < 4.78 is 11.1. The summed E-state index contributed by atoms with van der Waals surface area (Å²) in [5.41, 5.74) is 1.37. The van der Waals surface area contributed by atoms with Crippen LogP contribution < -0.4 is 20.1 Å². The molecule has 1 aromatic carbocycles. The predicted octanol–water partition coefficient (Wildman–Crippen LogP) is 1.92. The number of ether oxygens (including phenoxy) is 2. The minimum Gasteiger partial charge on any atom is -0.486 e. The number of thiazole rings is 1. The van der Waals surface area contributed by atoms with E-state index in [9.17, 15) is 4.79 Å². The largest absolute Gasteiger partial charge is 0.486 e. The number of fused-ring (bicyclic) bond motifs is 1. The Kier molecular flexibility index (Phi) is 5.09. The number of benzene rings is 1. The molecule has 0 atom stereocenters. The predicted molar refractivity (Wildman–Crippen MR) is 89.4 cm³/mol. The van der Waals surface area contributed by atoms with Crippen LogP contribution >= 0.6 is 11.3 Å². The van der Waals surface area contributed by atoms with Gasteiger partial charge in [-0.3, -0.25) is 4.79 Å². The van der Waals surface area contributed by atoms with Crippen molar-refractivity contribution < 1.29 is 14.3 Å². The summed E-state index contributed by atoms with van der Waals surface area (Å²) in [7, 11) is 1.89. The zero-order valence-electron chi connectivity index (χ0n) is 12.9. The molecule has 23 heavy (non-hydrogen) atoms. The van der Waals surface area contributed by atoms with Gasteiger partial charge in [0.15, 0.2) is 11.5 Å². The van der Waals surface area contributed by atoms with Crippen LogP contribution in [0.4, 0.5) is 0 Å². The standard InChI is InChI=1S/C16H19N3O3S/c1-17-5-2-6-18-15(20)12-10-23-16(19-12)11-3-4-13-14(9-11)22-8-7-21-13/h3-4,9-10,17H,2,5-8H2,1H3,(H,18,20). The number of carbonyl (C=O) groups is 1. The van der Waals surface area contributed by atoms with E-state index in [1.807, 2.05) is 25.2 Å². The van der Waals surface area contributed by atoms with Crippen molar-refractivity contribution in [3.63, 3.8) is 0 Å². The number of rotatable bonds is 6. The molecule has 2 N–H and O–H groups in total. The zero-order chi connectivity index (χ0) is 16.1. The first kappa shape index (κ1) is 15.8. The van der Waals surface area contributed by atoms with Crippen molar-refractivity contribution >= 4 is 17.2 Å². The van der Waals surface area contributed by atoms with Gasteiger partial charge in [-0.25, -0.2) is 4.98 Å². The topological polar surface area (TPSA) is 72.5 Å². The second kappa shape index (κ2) is 7.43.